The third-order valence-electron chi connectivity index (χ3n) is 5.19. The number of aromatic nitrogens is 2. The maximum Gasteiger partial charge on any atom is 0.210 e. The predicted octanol–water partition coefficient (Wildman–Crippen LogP) is 4.30. The molecule has 0 atom stereocenters. The van der Waals surface area contributed by atoms with Crippen LogP contribution >= 0.6 is 0 Å². The second-order valence-corrected chi connectivity index (χ2v) is 9.25. The summed E-state index contributed by atoms with van der Waals surface area (Å²) in [6.45, 7) is 1.84. The highest BCUT2D eigenvalue weighted by Crippen LogP contribution is 2.30. The molecule has 158 valence electrons. The van der Waals surface area contributed by atoms with Crippen molar-refractivity contribution >= 4 is 21.3 Å². The van der Waals surface area contributed by atoms with E-state index in [9.17, 15) is 13.2 Å². The molecule has 7 heteroatoms. The molecule has 0 N–H and O–H groups in total. The van der Waals surface area contributed by atoms with Crippen LogP contribution in [0.15, 0.2) is 83.0 Å². The molecule has 31 heavy (non-hydrogen) atoms. The highest BCUT2D eigenvalue weighted by atomic mass is 32.2. The van der Waals surface area contributed by atoms with E-state index >= 15 is 0 Å². The zero-order valence-electron chi connectivity index (χ0n) is 17.3. The normalized spacial score (nSPS) is 11.5. The fourth-order valence-electron chi connectivity index (χ4n) is 3.44. The number of pyridine rings is 1. The molecule has 0 aliphatic rings. The minimum Gasteiger partial charge on any atom is -0.495 e. The van der Waals surface area contributed by atoms with Gasteiger partial charge in [-0.05, 0) is 60.9 Å². The third kappa shape index (κ3) is 4.22. The van der Waals surface area contributed by atoms with Crippen molar-refractivity contribution in [2.45, 2.75) is 29.6 Å². The summed E-state index contributed by atoms with van der Waals surface area (Å²) >= 11 is 0. The largest absolute Gasteiger partial charge is 0.495 e. The Labute approximate surface area is 181 Å². The molecule has 4 aromatic rings. The van der Waals surface area contributed by atoms with E-state index in [0.717, 1.165) is 16.8 Å². The molecule has 0 bridgehead atoms. The fourth-order valence-corrected chi connectivity index (χ4v) is 4.95. The Bertz CT molecular complexity index is 1360. The SMILES string of the molecule is COc1ccc(C)cc1S(=O)(=O)c1ccc(CCC(=O)c2ccc3nccn3c2)cc1. The van der Waals surface area contributed by atoms with E-state index in [4.69, 9.17) is 4.74 Å². The van der Waals surface area contributed by atoms with Crippen LogP contribution in [-0.4, -0.2) is 30.7 Å². The van der Waals surface area contributed by atoms with E-state index in [1.54, 1.807) is 61.1 Å². The molecule has 6 nitrogen and oxygen atoms in total. The second-order valence-electron chi connectivity index (χ2n) is 7.34. The Kier molecular flexibility index (Phi) is 5.61. The molecule has 4 rings (SSSR count). The molecular weight excluding hydrogens is 412 g/mol. The molecular formula is C24H22N2O4S. The Hall–Kier alpha value is -3.45. The van der Waals surface area contributed by atoms with E-state index in [0.29, 0.717) is 24.2 Å². The number of rotatable bonds is 7. The number of sulfone groups is 1. The van der Waals surface area contributed by atoms with Crippen molar-refractivity contribution in [2.24, 2.45) is 0 Å². The molecule has 0 fully saturated rings. The molecule has 0 saturated heterocycles. The van der Waals surface area contributed by atoms with Crippen molar-refractivity contribution in [3.63, 3.8) is 0 Å². The van der Waals surface area contributed by atoms with Crippen LogP contribution in [0.3, 0.4) is 0 Å². The Morgan fingerprint density at radius 3 is 2.58 bits per heavy atom. The van der Waals surface area contributed by atoms with E-state index in [1.807, 2.05) is 23.5 Å². The van der Waals surface area contributed by atoms with Gasteiger partial charge in [0.2, 0.25) is 9.84 Å². The Morgan fingerprint density at radius 1 is 1.06 bits per heavy atom. The molecule has 0 saturated carbocycles. The van der Waals surface area contributed by atoms with Gasteiger partial charge >= 0.3 is 0 Å². The first-order valence-corrected chi connectivity index (χ1v) is 11.3. The summed E-state index contributed by atoms with van der Waals surface area (Å²) in [5, 5.41) is 0. The summed E-state index contributed by atoms with van der Waals surface area (Å²) < 4.78 is 33.2. The van der Waals surface area contributed by atoms with Crippen LogP contribution < -0.4 is 4.74 Å². The van der Waals surface area contributed by atoms with Gasteiger partial charge in [-0.1, -0.05) is 18.2 Å². The number of carbonyl (C=O) groups excluding carboxylic acids is 1. The van der Waals surface area contributed by atoms with Gasteiger partial charge in [0, 0.05) is 30.6 Å². The number of ketones is 1. The molecule has 0 spiro atoms. The number of benzene rings is 2. The summed E-state index contributed by atoms with van der Waals surface area (Å²) in [5.41, 5.74) is 3.14. The van der Waals surface area contributed by atoms with Gasteiger partial charge < -0.3 is 9.14 Å². The van der Waals surface area contributed by atoms with Crippen molar-refractivity contribution in [1.29, 1.82) is 0 Å². The monoisotopic (exact) mass is 434 g/mol. The Balaban J connectivity index is 1.49. The first kappa shape index (κ1) is 20.8. The van der Waals surface area contributed by atoms with Gasteiger partial charge in [0.25, 0.3) is 0 Å². The summed E-state index contributed by atoms with van der Waals surface area (Å²) in [7, 11) is -2.26. The number of fused-ring (bicyclic) bond motifs is 1. The van der Waals surface area contributed by atoms with Crippen molar-refractivity contribution in [3.05, 3.63) is 89.9 Å². The van der Waals surface area contributed by atoms with Crippen molar-refractivity contribution < 1.29 is 17.9 Å². The van der Waals surface area contributed by atoms with E-state index < -0.39 is 9.84 Å². The Morgan fingerprint density at radius 2 is 1.84 bits per heavy atom. The quantitative estimate of drug-likeness (QED) is 0.405. The summed E-state index contributed by atoms with van der Waals surface area (Å²) in [6.07, 6.45) is 6.11. The molecule has 2 heterocycles. The lowest BCUT2D eigenvalue weighted by atomic mass is 10.0. The highest BCUT2D eigenvalue weighted by Gasteiger charge is 2.22. The fraction of sp³-hybridized carbons (Fsp3) is 0.167. The van der Waals surface area contributed by atoms with Crippen LogP contribution in [-0.2, 0) is 16.3 Å². The summed E-state index contributed by atoms with van der Waals surface area (Å²) in [4.78, 5) is 17.1. The zero-order valence-corrected chi connectivity index (χ0v) is 18.1. The van der Waals surface area contributed by atoms with Gasteiger partial charge in [0.15, 0.2) is 5.78 Å². The first-order chi connectivity index (χ1) is 14.9. The molecule has 0 aliphatic heterocycles. The van der Waals surface area contributed by atoms with Gasteiger partial charge in [-0.15, -0.1) is 0 Å². The van der Waals surface area contributed by atoms with Crippen LogP contribution in [0.5, 0.6) is 5.75 Å². The minimum atomic E-state index is -3.71. The summed E-state index contributed by atoms with van der Waals surface area (Å²) in [5.74, 6) is 0.340. The average molecular weight is 435 g/mol. The van der Waals surface area contributed by atoms with Crippen molar-refractivity contribution in [1.82, 2.24) is 9.38 Å². The van der Waals surface area contributed by atoms with Crippen LogP contribution in [0.25, 0.3) is 5.65 Å². The number of imidazole rings is 1. The highest BCUT2D eigenvalue weighted by molar-refractivity contribution is 7.91. The van der Waals surface area contributed by atoms with Gasteiger partial charge in [0.05, 0.1) is 12.0 Å². The lowest BCUT2D eigenvalue weighted by molar-refractivity contribution is 0.0982. The van der Waals surface area contributed by atoms with Crippen LogP contribution in [0.4, 0.5) is 0 Å². The maximum absolute atomic E-state index is 13.1. The van der Waals surface area contributed by atoms with Gasteiger partial charge in [-0.2, -0.15) is 0 Å². The van der Waals surface area contributed by atoms with Crippen LogP contribution in [0, 0.1) is 6.92 Å². The smallest absolute Gasteiger partial charge is 0.210 e. The van der Waals surface area contributed by atoms with Gasteiger partial charge in [-0.3, -0.25) is 4.79 Å². The number of nitrogens with zero attached hydrogens (tertiary/aromatic N) is 2. The number of hydrogen-bond acceptors (Lipinski definition) is 5. The first-order valence-electron chi connectivity index (χ1n) is 9.83. The van der Waals surface area contributed by atoms with Crippen molar-refractivity contribution in [2.75, 3.05) is 7.11 Å². The molecule has 2 aromatic heterocycles. The average Bonchev–Trinajstić information content (AvgIpc) is 3.25. The van der Waals surface area contributed by atoms with E-state index in [-0.39, 0.29) is 15.6 Å². The van der Waals surface area contributed by atoms with Crippen molar-refractivity contribution in [3.8, 4) is 5.75 Å². The molecule has 0 aliphatic carbocycles. The van der Waals surface area contributed by atoms with Gasteiger partial charge in [-0.25, -0.2) is 13.4 Å². The van der Waals surface area contributed by atoms with Crippen LogP contribution in [0.1, 0.15) is 27.9 Å². The van der Waals surface area contributed by atoms with E-state index in [1.165, 1.54) is 7.11 Å². The standard InChI is InChI=1S/C24H22N2O4S/c1-17-3-11-22(30-2)23(15-17)31(28,29)20-8-4-18(5-9-20)6-10-21(27)19-7-12-24-25-13-14-26(24)16-19/h3-5,7-9,11-16H,6,10H2,1-2H3. The molecule has 0 radical (unpaired) electrons. The lowest BCUT2D eigenvalue weighted by Gasteiger charge is -2.11. The second kappa shape index (κ2) is 8.35. The lowest BCUT2D eigenvalue weighted by Crippen LogP contribution is -2.06. The number of Topliss-reactive ketones (excluding diaryl/α,β-unsaturated/α-hetero) is 1. The zero-order chi connectivity index (χ0) is 22.0. The summed E-state index contributed by atoms with van der Waals surface area (Å²) in [6, 6.07) is 15.3. The van der Waals surface area contributed by atoms with Gasteiger partial charge in [0.1, 0.15) is 16.3 Å². The minimum absolute atomic E-state index is 0.0248. The molecule has 2 aromatic carbocycles. The molecule has 0 unspecified atom stereocenters. The number of aryl methyl sites for hydroxylation is 2. The predicted molar refractivity (Wildman–Crippen MR) is 117 cm³/mol. The third-order valence-corrected chi connectivity index (χ3v) is 6.98. The maximum atomic E-state index is 13.1. The topological polar surface area (TPSA) is 77.7 Å². The number of hydrogen-bond donors (Lipinski definition) is 0. The number of carbonyl (C=O) groups is 1. The number of methoxy groups -OCH3 is 1. The molecule has 0 amide bonds. The van der Waals surface area contributed by atoms with Crippen LogP contribution in [0.2, 0.25) is 0 Å². The van der Waals surface area contributed by atoms with E-state index in [2.05, 4.69) is 4.98 Å². The number of ether oxygens (including phenoxy) is 1.